The molecule has 0 bridgehead atoms. The van der Waals surface area contributed by atoms with Crippen molar-refractivity contribution >= 4 is 28.1 Å². The molecule has 2 aromatic carbocycles. The smallest absolute Gasteiger partial charge is 0.257 e. The van der Waals surface area contributed by atoms with Crippen LogP contribution in [0.4, 0.5) is 10.8 Å². The van der Waals surface area contributed by atoms with Crippen molar-refractivity contribution in [3.8, 4) is 10.6 Å². The lowest BCUT2D eigenvalue weighted by atomic mass is 10.1. The Balaban J connectivity index is 1.70. The lowest BCUT2D eigenvalue weighted by Crippen LogP contribution is -2.30. The number of carbonyl (C=O) groups excluding carboxylic acids is 1. The van der Waals surface area contributed by atoms with Crippen molar-refractivity contribution in [1.82, 2.24) is 10.2 Å². The minimum atomic E-state index is -0.181. The minimum absolute atomic E-state index is 0.181. The summed E-state index contributed by atoms with van der Waals surface area (Å²) in [6.07, 6.45) is 0. The van der Waals surface area contributed by atoms with E-state index in [9.17, 15) is 4.79 Å². The maximum Gasteiger partial charge on any atom is 0.257 e. The summed E-state index contributed by atoms with van der Waals surface area (Å²) >= 11 is 1.36. The Morgan fingerprint density at radius 1 is 1.08 bits per heavy atom. The van der Waals surface area contributed by atoms with Gasteiger partial charge in [-0.3, -0.25) is 10.1 Å². The van der Waals surface area contributed by atoms with Gasteiger partial charge in [0.15, 0.2) is 0 Å². The summed E-state index contributed by atoms with van der Waals surface area (Å²) in [5.74, 6) is -0.181. The molecule has 1 N–H and O–H groups in total. The Morgan fingerprint density at radius 2 is 1.77 bits per heavy atom. The van der Waals surface area contributed by atoms with E-state index in [1.54, 1.807) is 0 Å². The highest BCUT2D eigenvalue weighted by Crippen LogP contribution is 2.26. The number of nitrogens with zero attached hydrogens (tertiary/aromatic N) is 3. The molecule has 0 atom stereocenters. The molecule has 1 amide bonds. The van der Waals surface area contributed by atoms with E-state index in [2.05, 4.69) is 41.2 Å². The maximum absolute atomic E-state index is 12.5. The highest BCUT2D eigenvalue weighted by molar-refractivity contribution is 7.18. The van der Waals surface area contributed by atoms with Crippen molar-refractivity contribution < 1.29 is 4.79 Å². The number of hydrogen-bond donors (Lipinski definition) is 1. The Hall–Kier alpha value is -2.73. The number of amides is 1. The molecule has 1 aromatic heterocycles. The third-order valence-corrected chi connectivity index (χ3v) is 4.98. The first-order valence-electron chi connectivity index (χ1n) is 8.65. The Morgan fingerprint density at radius 3 is 2.38 bits per heavy atom. The van der Waals surface area contributed by atoms with Crippen molar-refractivity contribution in [2.24, 2.45) is 0 Å². The minimum Gasteiger partial charge on any atom is -0.369 e. The van der Waals surface area contributed by atoms with Crippen LogP contribution in [-0.2, 0) is 0 Å². The second-order valence-electron chi connectivity index (χ2n) is 6.16. The molecule has 0 spiro atoms. The Kier molecular flexibility index (Phi) is 5.63. The molecule has 0 aliphatic carbocycles. The summed E-state index contributed by atoms with van der Waals surface area (Å²) in [6, 6.07) is 17.9. The van der Waals surface area contributed by atoms with Crippen LogP contribution in [-0.4, -0.2) is 28.7 Å². The van der Waals surface area contributed by atoms with Gasteiger partial charge in [-0.1, -0.05) is 41.7 Å². The van der Waals surface area contributed by atoms with Gasteiger partial charge in [-0.2, -0.15) is 0 Å². The van der Waals surface area contributed by atoms with Crippen LogP contribution in [0.1, 0.15) is 31.1 Å². The summed E-state index contributed by atoms with van der Waals surface area (Å²) in [5.41, 5.74) is 2.70. The van der Waals surface area contributed by atoms with Crippen molar-refractivity contribution in [2.75, 3.05) is 16.8 Å². The summed E-state index contributed by atoms with van der Waals surface area (Å²) in [5, 5.41) is 12.3. The van der Waals surface area contributed by atoms with Crippen molar-refractivity contribution in [1.29, 1.82) is 0 Å². The fraction of sp³-hybridized carbons (Fsp3) is 0.250. The van der Waals surface area contributed by atoms with Gasteiger partial charge in [0.1, 0.15) is 5.01 Å². The number of hydrogen-bond acceptors (Lipinski definition) is 5. The predicted octanol–water partition coefficient (Wildman–Crippen LogP) is 4.69. The molecule has 0 saturated heterocycles. The summed E-state index contributed by atoms with van der Waals surface area (Å²) in [6.45, 7) is 7.37. The van der Waals surface area contributed by atoms with Crippen LogP contribution in [0.25, 0.3) is 10.6 Å². The molecule has 3 aromatic rings. The van der Waals surface area contributed by atoms with E-state index in [1.807, 2.05) is 54.6 Å². The van der Waals surface area contributed by atoms with E-state index in [0.29, 0.717) is 16.7 Å². The van der Waals surface area contributed by atoms with Crippen LogP contribution < -0.4 is 10.2 Å². The predicted molar refractivity (Wildman–Crippen MR) is 108 cm³/mol. The zero-order valence-corrected chi connectivity index (χ0v) is 16.0. The molecule has 0 saturated carbocycles. The van der Waals surface area contributed by atoms with Gasteiger partial charge in [-0.05, 0) is 45.0 Å². The molecule has 0 radical (unpaired) electrons. The summed E-state index contributed by atoms with van der Waals surface area (Å²) in [7, 11) is 0. The second kappa shape index (κ2) is 8.10. The molecule has 0 aliphatic rings. The molecule has 1 heterocycles. The zero-order valence-electron chi connectivity index (χ0n) is 15.1. The van der Waals surface area contributed by atoms with Crippen LogP contribution in [0.2, 0.25) is 0 Å². The lowest BCUT2D eigenvalue weighted by Gasteiger charge is -2.27. The summed E-state index contributed by atoms with van der Waals surface area (Å²) in [4.78, 5) is 14.7. The van der Waals surface area contributed by atoms with Gasteiger partial charge in [0.2, 0.25) is 5.13 Å². The van der Waals surface area contributed by atoms with E-state index in [1.165, 1.54) is 11.3 Å². The molecule has 0 unspecified atom stereocenters. The number of aromatic nitrogens is 2. The quantitative estimate of drug-likeness (QED) is 0.687. The number of anilines is 2. The number of carbonyl (C=O) groups is 1. The van der Waals surface area contributed by atoms with Crippen LogP contribution in [0.3, 0.4) is 0 Å². The average molecular weight is 366 g/mol. The standard InChI is InChI=1S/C20H22N4OS/c1-4-24(14(2)3)17-12-10-15(11-13-17)18(25)21-20-23-22-19(26-20)16-8-6-5-7-9-16/h5-14H,4H2,1-3H3,(H,21,23,25). The zero-order chi connectivity index (χ0) is 18.5. The van der Waals surface area contributed by atoms with Gasteiger partial charge < -0.3 is 4.90 Å². The summed E-state index contributed by atoms with van der Waals surface area (Å²) < 4.78 is 0. The highest BCUT2D eigenvalue weighted by atomic mass is 32.1. The number of rotatable bonds is 6. The second-order valence-corrected chi connectivity index (χ2v) is 7.14. The van der Waals surface area contributed by atoms with Gasteiger partial charge in [-0.15, -0.1) is 10.2 Å². The van der Waals surface area contributed by atoms with E-state index >= 15 is 0 Å². The molecule has 0 fully saturated rings. The number of benzene rings is 2. The van der Waals surface area contributed by atoms with Crippen LogP contribution >= 0.6 is 11.3 Å². The lowest BCUT2D eigenvalue weighted by molar-refractivity contribution is 0.102. The molecular formula is C20H22N4OS. The average Bonchev–Trinajstić information content (AvgIpc) is 3.12. The van der Waals surface area contributed by atoms with Gasteiger partial charge in [-0.25, -0.2) is 0 Å². The van der Waals surface area contributed by atoms with Gasteiger partial charge in [0.25, 0.3) is 5.91 Å². The molecule has 6 heteroatoms. The Bertz CT molecular complexity index is 859. The third-order valence-electron chi connectivity index (χ3n) is 4.09. The molecule has 3 rings (SSSR count). The SMILES string of the molecule is CCN(c1ccc(C(=O)Nc2nnc(-c3ccccc3)s2)cc1)C(C)C. The fourth-order valence-corrected chi connectivity index (χ4v) is 3.53. The monoisotopic (exact) mass is 366 g/mol. The van der Waals surface area contributed by atoms with Crippen molar-refractivity contribution in [3.63, 3.8) is 0 Å². The molecule has 26 heavy (non-hydrogen) atoms. The van der Waals surface area contributed by atoms with Crippen molar-refractivity contribution in [2.45, 2.75) is 26.8 Å². The molecule has 0 aliphatic heterocycles. The molecular weight excluding hydrogens is 344 g/mol. The van der Waals surface area contributed by atoms with Crippen LogP contribution in [0.15, 0.2) is 54.6 Å². The maximum atomic E-state index is 12.5. The molecule has 5 nitrogen and oxygen atoms in total. The Labute approximate surface area is 157 Å². The van der Waals surface area contributed by atoms with E-state index in [4.69, 9.17) is 0 Å². The van der Waals surface area contributed by atoms with Gasteiger partial charge in [0.05, 0.1) is 0 Å². The number of nitrogens with one attached hydrogen (secondary N) is 1. The van der Waals surface area contributed by atoms with E-state index < -0.39 is 0 Å². The van der Waals surface area contributed by atoms with Gasteiger partial charge in [0, 0.05) is 29.4 Å². The van der Waals surface area contributed by atoms with Crippen LogP contribution in [0.5, 0.6) is 0 Å². The van der Waals surface area contributed by atoms with Crippen molar-refractivity contribution in [3.05, 3.63) is 60.2 Å². The first-order valence-corrected chi connectivity index (χ1v) is 9.47. The van der Waals surface area contributed by atoms with Crippen LogP contribution in [0, 0.1) is 0 Å². The highest BCUT2D eigenvalue weighted by Gasteiger charge is 2.13. The first kappa shape index (κ1) is 18.1. The molecule has 134 valence electrons. The normalized spacial score (nSPS) is 10.8. The fourth-order valence-electron chi connectivity index (χ4n) is 2.79. The third kappa shape index (κ3) is 4.08. The topological polar surface area (TPSA) is 58.1 Å². The first-order chi connectivity index (χ1) is 12.6. The largest absolute Gasteiger partial charge is 0.369 e. The van der Waals surface area contributed by atoms with Gasteiger partial charge >= 0.3 is 0 Å². The van der Waals surface area contributed by atoms with E-state index in [-0.39, 0.29) is 5.91 Å². The van der Waals surface area contributed by atoms with E-state index in [0.717, 1.165) is 22.8 Å².